The summed E-state index contributed by atoms with van der Waals surface area (Å²) in [5.74, 6) is -0.0226. The van der Waals surface area contributed by atoms with E-state index in [1.165, 1.54) is 33.4 Å². The number of aryl methyl sites for hydroxylation is 2. The monoisotopic (exact) mass is 458 g/mol. The average molecular weight is 459 g/mol. The van der Waals surface area contributed by atoms with Crippen LogP contribution in [0.2, 0.25) is 0 Å². The van der Waals surface area contributed by atoms with Gasteiger partial charge in [-0.3, -0.25) is 18.5 Å². The molecule has 0 atom stereocenters. The van der Waals surface area contributed by atoms with Crippen molar-refractivity contribution in [3.63, 3.8) is 0 Å². The van der Waals surface area contributed by atoms with Gasteiger partial charge >= 0.3 is 11.7 Å². The fourth-order valence-electron chi connectivity index (χ4n) is 3.03. The number of aromatic nitrogens is 4. The van der Waals surface area contributed by atoms with E-state index < -0.39 is 11.2 Å². The summed E-state index contributed by atoms with van der Waals surface area (Å²) in [4.78, 5) is 30.2. The van der Waals surface area contributed by atoms with Crippen LogP contribution in [0.4, 0.5) is 4.39 Å². The minimum Gasteiger partial charge on any atom is -0.425 e. The second kappa shape index (κ2) is 7.32. The molecular weight excluding hydrogens is 443 g/mol. The number of hydrogen-bond acceptors (Lipinski definition) is 4. The number of benzene rings is 2. The molecule has 0 amide bonds. The molecule has 0 aliphatic heterocycles. The van der Waals surface area contributed by atoms with Crippen molar-refractivity contribution < 1.29 is 9.13 Å². The second-order valence-electron chi connectivity index (χ2n) is 6.54. The number of rotatable bonds is 4. The fraction of sp³-hybridized carbons (Fsp3) is 0.150. The van der Waals surface area contributed by atoms with Gasteiger partial charge in [-0.05, 0) is 42.0 Å². The molecule has 0 fully saturated rings. The SMILES string of the molecule is Cn1c(Oc2ccc(F)cc2)nc2c1c(=O)n(Cc1ccc(Br)cc1)c(=O)n2C. The van der Waals surface area contributed by atoms with Crippen LogP contribution in [0.1, 0.15) is 5.56 Å². The third kappa shape index (κ3) is 3.49. The Hall–Kier alpha value is -3.20. The number of halogens is 2. The van der Waals surface area contributed by atoms with Gasteiger partial charge < -0.3 is 4.74 Å². The van der Waals surface area contributed by atoms with Gasteiger partial charge in [0.2, 0.25) is 0 Å². The Kier molecular flexibility index (Phi) is 4.83. The Balaban J connectivity index is 1.82. The summed E-state index contributed by atoms with van der Waals surface area (Å²) in [5.41, 5.74) is 0.330. The van der Waals surface area contributed by atoms with Crippen molar-refractivity contribution in [1.82, 2.24) is 18.7 Å². The Morgan fingerprint density at radius 1 is 1.00 bits per heavy atom. The number of nitrogens with zero attached hydrogens (tertiary/aromatic N) is 4. The second-order valence-corrected chi connectivity index (χ2v) is 7.46. The van der Waals surface area contributed by atoms with Crippen LogP contribution in [0.3, 0.4) is 0 Å². The van der Waals surface area contributed by atoms with E-state index in [1.807, 2.05) is 24.3 Å². The first-order chi connectivity index (χ1) is 13.8. The van der Waals surface area contributed by atoms with E-state index in [4.69, 9.17) is 4.74 Å². The van der Waals surface area contributed by atoms with E-state index in [9.17, 15) is 14.0 Å². The Bertz CT molecular complexity index is 1320. The van der Waals surface area contributed by atoms with E-state index in [1.54, 1.807) is 14.1 Å². The van der Waals surface area contributed by atoms with E-state index in [0.717, 1.165) is 14.6 Å². The molecule has 0 radical (unpaired) electrons. The molecule has 4 rings (SSSR count). The zero-order valence-corrected chi connectivity index (χ0v) is 17.2. The topological polar surface area (TPSA) is 71.1 Å². The highest BCUT2D eigenvalue weighted by Crippen LogP contribution is 2.23. The molecule has 0 aliphatic carbocycles. The predicted molar refractivity (Wildman–Crippen MR) is 110 cm³/mol. The van der Waals surface area contributed by atoms with Crippen LogP contribution in [-0.4, -0.2) is 18.7 Å². The van der Waals surface area contributed by atoms with Crippen molar-refractivity contribution in [3.05, 3.63) is 85.2 Å². The van der Waals surface area contributed by atoms with Gasteiger partial charge in [-0.1, -0.05) is 28.1 Å². The molecule has 0 spiro atoms. The largest absolute Gasteiger partial charge is 0.425 e. The molecule has 2 aromatic carbocycles. The van der Waals surface area contributed by atoms with Crippen LogP contribution in [0.25, 0.3) is 11.2 Å². The molecular formula is C20H16BrFN4O3. The maximum Gasteiger partial charge on any atom is 0.332 e. The summed E-state index contributed by atoms with van der Waals surface area (Å²) >= 11 is 3.37. The van der Waals surface area contributed by atoms with Crippen molar-refractivity contribution in [3.8, 4) is 11.8 Å². The maximum absolute atomic E-state index is 13.1. The van der Waals surface area contributed by atoms with Gasteiger partial charge in [0.15, 0.2) is 11.2 Å². The van der Waals surface area contributed by atoms with Crippen LogP contribution >= 0.6 is 15.9 Å². The Morgan fingerprint density at radius 3 is 2.31 bits per heavy atom. The molecule has 4 aromatic rings. The molecule has 0 bridgehead atoms. The van der Waals surface area contributed by atoms with Crippen molar-refractivity contribution >= 4 is 27.1 Å². The molecule has 2 heterocycles. The average Bonchev–Trinajstić information content (AvgIpc) is 3.03. The Morgan fingerprint density at radius 2 is 1.66 bits per heavy atom. The van der Waals surface area contributed by atoms with Crippen LogP contribution in [0.15, 0.2) is 62.6 Å². The molecule has 2 aromatic heterocycles. The molecule has 0 N–H and O–H groups in total. The van der Waals surface area contributed by atoms with Gasteiger partial charge in [-0.2, -0.15) is 4.98 Å². The number of fused-ring (bicyclic) bond motifs is 1. The first kappa shape index (κ1) is 19.1. The zero-order chi connectivity index (χ0) is 20.7. The van der Waals surface area contributed by atoms with E-state index >= 15 is 0 Å². The van der Waals surface area contributed by atoms with Crippen molar-refractivity contribution in [2.24, 2.45) is 14.1 Å². The van der Waals surface area contributed by atoms with Crippen LogP contribution in [0, 0.1) is 5.82 Å². The summed E-state index contributed by atoms with van der Waals surface area (Å²) in [6.07, 6.45) is 0. The fourth-order valence-corrected chi connectivity index (χ4v) is 3.30. The van der Waals surface area contributed by atoms with Gasteiger partial charge in [0, 0.05) is 18.6 Å². The van der Waals surface area contributed by atoms with E-state index in [2.05, 4.69) is 20.9 Å². The minimum absolute atomic E-state index is 0.125. The zero-order valence-electron chi connectivity index (χ0n) is 15.6. The first-order valence-electron chi connectivity index (χ1n) is 8.69. The molecule has 0 unspecified atom stereocenters. The minimum atomic E-state index is -0.475. The van der Waals surface area contributed by atoms with E-state index in [-0.39, 0.29) is 29.5 Å². The molecule has 0 saturated carbocycles. The lowest BCUT2D eigenvalue weighted by Gasteiger charge is -2.09. The first-order valence-corrected chi connectivity index (χ1v) is 9.48. The molecule has 0 saturated heterocycles. The van der Waals surface area contributed by atoms with Gasteiger partial charge in [-0.25, -0.2) is 9.18 Å². The van der Waals surface area contributed by atoms with Crippen LogP contribution in [-0.2, 0) is 20.6 Å². The van der Waals surface area contributed by atoms with Gasteiger partial charge in [0.05, 0.1) is 6.54 Å². The van der Waals surface area contributed by atoms with Crippen molar-refractivity contribution in [1.29, 1.82) is 0 Å². The highest BCUT2D eigenvalue weighted by Gasteiger charge is 2.20. The standard InChI is InChI=1S/C20H16BrFN4O3/c1-24-16-17(23-19(24)29-15-9-7-14(22)8-10-15)25(2)20(28)26(18(16)27)11-12-3-5-13(21)6-4-12/h3-10H,11H2,1-2H3. The molecule has 9 heteroatoms. The van der Waals surface area contributed by atoms with Gasteiger partial charge in [0.25, 0.3) is 5.56 Å². The third-order valence-electron chi connectivity index (χ3n) is 4.60. The van der Waals surface area contributed by atoms with Crippen molar-refractivity contribution in [2.45, 2.75) is 6.54 Å². The van der Waals surface area contributed by atoms with Gasteiger partial charge in [-0.15, -0.1) is 0 Å². The molecule has 7 nitrogen and oxygen atoms in total. The lowest BCUT2D eigenvalue weighted by molar-refractivity contribution is 0.426. The summed E-state index contributed by atoms with van der Waals surface area (Å²) in [6, 6.07) is 12.9. The number of hydrogen-bond donors (Lipinski definition) is 0. The summed E-state index contributed by atoms with van der Waals surface area (Å²) in [6.45, 7) is 0.133. The highest BCUT2D eigenvalue weighted by atomic mass is 79.9. The normalized spacial score (nSPS) is 11.2. The quantitative estimate of drug-likeness (QED) is 0.470. The lowest BCUT2D eigenvalue weighted by Crippen LogP contribution is -2.39. The summed E-state index contributed by atoms with van der Waals surface area (Å²) < 4.78 is 23.7. The molecule has 148 valence electrons. The van der Waals surface area contributed by atoms with Crippen molar-refractivity contribution in [2.75, 3.05) is 0 Å². The van der Waals surface area contributed by atoms with Crippen LogP contribution < -0.4 is 16.0 Å². The predicted octanol–water partition coefficient (Wildman–Crippen LogP) is 3.18. The Labute approximate surface area is 172 Å². The molecule has 29 heavy (non-hydrogen) atoms. The van der Waals surface area contributed by atoms with E-state index in [0.29, 0.717) is 5.75 Å². The smallest absolute Gasteiger partial charge is 0.332 e. The number of ether oxygens (including phenoxy) is 1. The lowest BCUT2D eigenvalue weighted by atomic mass is 10.2. The van der Waals surface area contributed by atoms with Crippen LogP contribution in [0.5, 0.6) is 11.8 Å². The third-order valence-corrected chi connectivity index (χ3v) is 5.12. The summed E-state index contributed by atoms with van der Waals surface area (Å²) in [5, 5.41) is 0. The molecule has 0 aliphatic rings. The maximum atomic E-state index is 13.1. The van der Waals surface area contributed by atoms with Gasteiger partial charge in [0.1, 0.15) is 11.6 Å². The number of imidazole rings is 1. The highest BCUT2D eigenvalue weighted by molar-refractivity contribution is 9.10. The summed E-state index contributed by atoms with van der Waals surface area (Å²) in [7, 11) is 3.18.